The van der Waals surface area contributed by atoms with Crippen LogP contribution >= 0.6 is 0 Å². The van der Waals surface area contributed by atoms with Gasteiger partial charge in [-0.3, -0.25) is 9.52 Å². The molecule has 0 bridgehead atoms. The number of anilines is 1. The number of aromatic amines is 1. The van der Waals surface area contributed by atoms with E-state index < -0.39 is 15.9 Å². The number of primary amides is 1. The van der Waals surface area contributed by atoms with Gasteiger partial charge in [0, 0.05) is 11.2 Å². The molecule has 1 fully saturated rings. The number of sulfonamides is 1. The van der Waals surface area contributed by atoms with Crippen LogP contribution in [0.2, 0.25) is 0 Å². The maximum absolute atomic E-state index is 12.6. The standard InChI is InChI=1S/C18H17N3O4S/c19-18(23)14-9-13(5-6-17(14)22)26(24,25)21-12-4-3-11-7-15(10-1-2-10)20-16(11)8-12/h3-10,20-22H,1-2H2,(H2,19,23). The highest BCUT2D eigenvalue weighted by atomic mass is 32.2. The van der Waals surface area contributed by atoms with Crippen LogP contribution in [0.5, 0.6) is 5.75 Å². The number of rotatable bonds is 5. The van der Waals surface area contributed by atoms with Gasteiger partial charge in [0.25, 0.3) is 15.9 Å². The number of phenols is 1. The van der Waals surface area contributed by atoms with Gasteiger partial charge >= 0.3 is 0 Å². The molecule has 1 amide bonds. The van der Waals surface area contributed by atoms with E-state index in [-0.39, 0.29) is 16.2 Å². The predicted molar refractivity (Wildman–Crippen MR) is 97.7 cm³/mol. The molecule has 0 atom stereocenters. The number of benzene rings is 2. The molecule has 0 saturated heterocycles. The van der Waals surface area contributed by atoms with Gasteiger partial charge in [-0.1, -0.05) is 6.07 Å². The summed E-state index contributed by atoms with van der Waals surface area (Å²) >= 11 is 0. The van der Waals surface area contributed by atoms with Crippen molar-refractivity contribution in [1.82, 2.24) is 4.98 Å². The normalized spacial score (nSPS) is 14.5. The highest BCUT2D eigenvalue weighted by Crippen LogP contribution is 2.40. The summed E-state index contributed by atoms with van der Waals surface area (Å²) in [6.07, 6.45) is 2.35. The van der Waals surface area contributed by atoms with Gasteiger partial charge in [0.15, 0.2) is 0 Å². The van der Waals surface area contributed by atoms with E-state index in [2.05, 4.69) is 15.8 Å². The average molecular weight is 371 g/mol. The highest BCUT2D eigenvalue weighted by molar-refractivity contribution is 7.92. The molecule has 26 heavy (non-hydrogen) atoms. The molecule has 0 spiro atoms. The average Bonchev–Trinajstić information content (AvgIpc) is 3.34. The van der Waals surface area contributed by atoms with Crippen LogP contribution in [0.1, 0.15) is 34.8 Å². The number of hydrogen-bond donors (Lipinski definition) is 4. The van der Waals surface area contributed by atoms with Crippen molar-refractivity contribution in [3.05, 3.63) is 53.7 Å². The summed E-state index contributed by atoms with van der Waals surface area (Å²) in [6.45, 7) is 0. The van der Waals surface area contributed by atoms with Crippen molar-refractivity contribution in [1.29, 1.82) is 0 Å². The van der Waals surface area contributed by atoms with Crippen molar-refractivity contribution in [2.24, 2.45) is 5.73 Å². The maximum Gasteiger partial charge on any atom is 0.261 e. The summed E-state index contributed by atoms with van der Waals surface area (Å²) in [5.41, 5.74) is 7.33. The van der Waals surface area contributed by atoms with Gasteiger partial charge in [-0.25, -0.2) is 8.42 Å². The molecule has 3 aromatic rings. The third-order valence-electron chi connectivity index (χ3n) is 4.46. The van der Waals surface area contributed by atoms with Crippen molar-refractivity contribution < 1.29 is 18.3 Å². The first-order chi connectivity index (χ1) is 12.3. The molecule has 0 unspecified atom stereocenters. The van der Waals surface area contributed by atoms with Gasteiger partial charge in [-0.05, 0) is 60.5 Å². The van der Waals surface area contributed by atoms with Crippen LogP contribution in [0.25, 0.3) is 10.9 Å². The summed E-state index contributed by atoms with van der Waals surface area (Å²) in [5, 5.41) is 10.6. The smallest absolute Gasteiger partial charge is 0.261 e. The number of nitrogens with two attached hydrogens (primary N) is 1. The Bertz CT molecular complexity index is 1130. The minimum atomic E-state index is -3.93. The molecule has 8 heteroatoms. The van der Waals surface area contributed by atoms with Crippen LogP contribution in [0.4, 0.5) is 5.69 Å². The van der Waals surface area contributed by atoms with Crippen molar-refractivity contribution in [3.63, 3.8) is 0 Å². The molecule has 1 heterocycles. The molecule has 134 valence electrons. The summed E-state index contributed by atoms with van der Waals surface area (Å²) in [5.74, 6) is -0.691. The highest BCUT2D eigenvalue weighted by Gasteiger charge is 2.25. The summed E-state index contributed by atoms with van der Waals surface area (Å²) < 4.78 is 27.7. The van der Waals surface area contributed by atoms with Gasteiger partial charge in [-0.2, -0.15) is 0 Å². The maximum atomic E-state index is 12.6. The zero-order chi connectivity index (χ0) is 18.5. The lowest BCUT2D eigenvalue weighted by molar-refractivity contribution is 0.0997. The topological polar surface area (TPSA) is 125 Å². The number of H-pyrrole nitrogens is 1. The monoisotopic (exact) mass is 371 g/mol. The van der Waals surface area contributed by atoms with E-state index in [0.717, 1.165) is 23.0 Å². The third kappa shape index (κ3) is 2.99. The molecule has 1 saturated carbocycles. The Labute approximate surface area is 149 Å². The van der Waals surface area contributed by atoms with E-state index in [0.29, 0.717) is 11.6 Å². The van der Waals surface area contributed by atoms with Gasteiger partial charge in [0.05, 0.1) is 16.1 Å². The Hall–Kier alpha value is -3.00. The number of hydrogen-bond acceptors (Lipinski definition) is 4. The Balaban J connectivity index is 1.66. The largest absolute Gasteiger partial charge is 0.507 e. The van der Waals surface area contributed by atoms with Crippen LogP contribution in [0, 0.1) is 0 Å². The first-order valence-electron chi connectivity index (χ1n) is 8.12. The first kappa shape index (κ1) is 16.5. The van der Waals surface area contributed by atoms with E-state index in [9.17, 15) is 18.3 Å². The number of fused-ring (bicyclic) bond motifs is 1. The van der Waals surface area contributed by atoms with Crippen LogP contribution in [0.3, 0.4) is 0 Å². The number of aromatic hydroxyl groups is 1. The van der Waals surface area contributed by atoms with Crippen LogP contribution in [0.15, 0.2) is 47.4 Å². The van der Waals surface area contributed by atoms with Crippen molar-refractivity contribution in [2.45, 2.75) is 23.7 Å². The second-order valence-electron chi connectivity index (χ2n) is 6.45. The van der Waals surface area contributed by atoms with Crippen LogP contribution in [-0.4, -0.2) is 24.4 Å². The van der Waals surface area contributed by atoms with Gasteiger partial charge < -0.3 is 15.8 Å². The number of carbonyl (C=O) groups is 1. The lowest BCUT2D eigenvalue weighted by atomic mass is 10.2. The van der Waals surface area contributed by atoms with E-state index in [4.69, 9.17) is 5.73 Å². The molecule has 7 nitrogen and oxygen atoms in total. The van der Waals surface area contributed by atoms with Gasteiger partial charge in [0.1, 0.15) is 5.75 Å². The molecule has 0 radical (unpaired) electrons. The molecule has 5 N–H and O–H groups in total. The van der Waals surface area contributed by atoms with Gasteiger partial charge in [0.2, 0.25) is 0 Å². The zero-order valence-electron chi connectivity index (χ0n) is 13.7. The Morgan fingerprint density at radius 3 is 2.62 bits per heavy atom. The molecule has 1 aromatic heterocycles. The lowest BCUT2D eigenvalue weighted by Crippen LogP contribution is -2.16. The fourth-order valence-electron chi connectivity index (χ4n) is 2.92. The zero-order valence-corrected chi connectivity index (χ0v) is 14.5. The molecule has 1 aliphatic rings. The number of carbonyl (C=O) groups excluding carboxylic acids is 1. The number of aromatic nitrogens is 1. The van der Waals surface area contributed by atoms with E-state index in [1.165, 1.54) is 24.6 Å². The molecule has 0 aliphatic heterocycles. The number of nitrogens with one attached hydrogen (secondary N) is 2. The second kappa shape index (κ2) is 5.77. The predicted octanol–water partition coefficient (Wildman–Crippen LogP) is 2.65. The minimum Gasteiger partial charge on any atom is -0.507 e. The van der Waals surface area contributed by atoms with Crippen LogP contribution < -0.4 is 10.5 Å². The van der Waals surface area contributed by atoms with Crippen LogP contribution in [-0.2, 0) is 10.0 Å². The van der Waals surface area contributed by atoms with E-state index in [1.807, 2.05) is 6.07 Å². The molecule has 2 aromatic carbocycles. The molecular weight excluding hydrogens is 354 g/mol. The molecule has 4 rings (SSSR count). The summed E-state index contributed by atoms with van der Waals surface area (Å²) in [6, 6.07) is 10.7. The molecule has 1 aliphatic carbocycles. The fraction of sp³-hybridized carbons (Fsp3) is 0.167. The van der Waals surface area contributed by atoms with Crippen molar-refractivity contribution in [3.8, 4) is 5.75 Å². The molecular formula is C18H17N3O4S. The Morgan fingerprint density at radius 2 is 1.92 bits per heavy atom. The SMILES string of the molecule is NC(=O)c1cc(S(=O)(=O)Nc2ccc3cc(C4CC4)[nH]c3c2)ccc1O. The van der Waals surface area contributed by atoms with E-state index in [1.54, 1.807) is 12.1 Å². The first-order valence-corrected chi connectivity index (χ1v) is 9.60. The summed E-state index contributed by atoms with van der Waals surface area (Å²) in [7, 11) is -3.93. The number of amides is 1. The summed E-state index contributed by atoms with van der Waals surface area (Å²) in [4.78, 5) is 14.5. The van der Waals surface area contributed by atoms with Crippen molar-refractivity contribution >= 4 is 32.5 Å². The third-order valence-corrected chi connectivity index (χ3v) is 5.84. The Kier molecular flexibility index (Phi) is 3.66. The van der Waals surface area contributed by atoms with Gasteiger partial charge in [-0.15, -0.1) is 0 Å². The minimum absolute atomic E-state index is 0.158. The quantitative estimate of drug-likeness (QED) is 0.550. The fourth-order valence-corrected chi connectivity index (χ4v) is 4.00. The van der Waals surface area contributed by atoms with Crippen molar-refractivity contribution in [2.75, 3.05) is 4.72 Å². The Morgan fingerprint density at radius 1 is 1.15 bits per heavy atom. The lowest BCUT2D eigenvalue weighted by Gasteiger charge is -2.10. The second-order valence-corrected chi connectivity index (χ2v) is 8.13. The van der Waals surface area contributed by atoms with E-state index >= 15 is 0 Å².